The van der Waals surface area contributed by atoms with Gasteiger partial charge in [-0.1, -0.05) is 12.1 Å². The monoisotopic (exact) mass is 470 g/mol. The molecule has 0 unspecified atom stereocenters. The molecule has 0 fully saturated rings. The molecule has 2 aromatic heterocycles. The number of carbonyl (C=O) groups is 2. The normalized spacial score (nSPS) is 11.3. The number of halogens is 3. The summed E-state index contributed by atoms with van der Waals surface area (Å²) in [6.07, 6.45) is -2.35. The largest absolute Gasteiger partial charge is 0.452 e. The van der Waals surface area contributed by atoms with Crippen LogP contribution in [0.25, 0.3) is 11.0 Å². The summed E-state index contributed by atoms with van der Waals surface area (Å²) < 4.78 is 49.7. The standard InChI is InChI=1S/C23H17F3N4O4/c1-33-22(32)30-11-10-18-20(30)27-13-28-21(18)34-17-8-6-16(7-9-17)29-19(31)12-14-2-4-15(5-3-14)23(24,25)26/h2-11,13H,12H2,1H3,(H,29,31). The molecule has 174 valence electrons. The number of fused-ring (bicyclic) bond motifs is 1. The highest BCUT2D eigenvalue weighted by molar-refractivity contribution is 5.92. The SMILES string of the molecule is COC(=O)n1ccc2c(Oc3ccc(NC(=O)Cc4ccc(C(F)(F)F)cc4)cc3)ncnc21. The average molecular weight is 470 g/mol. The molecule has 0 saturated carbocycles. The lowest BCUT2D eigenvalue weighted by atomic mass is 10.1. The van der Waals surface area contributed by atoms with Gasteiger partial charge in [-0.15, -0.1) is 0 Å². The molecule has 0 atom stereocenters. The van der Waals surface area contributed by atoms with Gasteiger partial charge in [0.1, 0.15) is 12.1 Å². The fraction of sp³-hybridized carbons (Fsp3) is 0.130. The van der Waals surface area contributed by atoms with Crippen molar-refractivity contribution in [3.05, 3.63) is 78.2 Å². The van der Waals surface area contributed by atoms with E-state index in [1.54, 1.807) is 30.3 Å². The number of nitrogens with zero attached hydrogens (tertiary/aromatic N) is 3. The van der Waals surface area contributed by atoms with Crippen LogP contribution in [-0.4, -0.2) is 33.6 Å². The van der Waals surface area contributed by atoms with Crippen LogP contribution in [0, 0.1) is 0 Å². The molecule has 0 saturated heterocycles. The molecule has 34 heavy (non-hydrogen) atoms. The lowest BCUT2D eigenvalue weighted by molar-refractivity contribution is -0.137. The summed E-state index contributed by atoms with van der Waals surface area (Å²) in [7, 11) is 1.26. The highest BCUT2D eigenvalue weighted by atomic mass is 19.4. The number of hydrogen-bond acceptors (Lipinski definition) is 6. The van der Waals surface area contributed by atoms with Gasteiger partial charge in [0.2, 0.25) is 11.8 Å². The van der Waals surface area contributed by atoms with Crippen molar-refractivity contribution < 1.29 is 32.2 Å². The first-order valence-electron chi connectivity index (χ1n) is 9.89. The number of rotatable bonds is 5. The predicted octanol–water partition coefficient (Wildman–Crippen LogP) is 5.04. The van der Waals surface area contributed by atoms with Gasteiger partial charge in [0.25, 0.3) is 0 Å². The topological polar surface area (TPSA) is 95.3 Å². The Bertz CT molecular complexity index is 1330. The molecule has 0 aliphatic heterocycles. The highest BCUT2D eigenvalue weighted by Gasteiger charge is 2.30. The molecule has 0 aliphatic carbocycles. The number of alkyl halides is 3. The number of aromatic nitrogens is 3. The second-order valence-corrected chi connectivity index (χ2v) is 7.12. The molecule has 0 bridgehead atoms. The first-order chi connectivity index (χ1) is 16.2. The molecule has 0 aliphatic rings. The summed E-state index contributed by atoms with van der Waals surface area (Å²) in [5.74, 6) is 0.272. The van der Waals surface area contributed by atoms with Crippen molar-refractivity contribution in [2.75, 3.05) is 12.4 Å². The molecule has 4 aromatic rings. The summed E-state index contributed by atoms with van der Waals surface area (Å²) in [4.78, 5) is 32.2. The summed E-state index contributed by atoms with van der Waals surface area (Å²) in [5, 5.41) is 3.18. The van der Waals surface area contributed by atoms with Crippen LogP contribution in [0.1, 0.15) is 11.1 Å². The number of hydrogen-bond donors (Lipinski definition) is 1. The number of ether oxygens (including phenoxy) is 2. The number of amides is 1. The first kappa shape index (κ1) is 22.8. The van der Waals surface area contributed by atoms with Crippen LogP contribution in [-0.2, 0) is 22.1 Å². The first-order valence-corrected chi connectivity index (χ1v) is 9.89. The second kappa shape index (κ2) is 9.22. The van der Waals surface area contributed by atoms with Gasteiger partial charge in [-0.05, 0) is 48.0 Å². The Kier molecular flexibility index (Phi) is 6.17. The third-order valence-corrected chi connectivity index (χ3v) is 4.81. The minimum atomic E-state index is -4.42. The van der Waals surface area contributed by atoms with E-state index in [-0.39, 0.29) is 18.2 Å². The Morgan fingerprint density at radius 3 is 2.35 bits per heavy atom. The van der Waals surface area contributed by atoms with E-state index >= 15 is 0 Å². The summed E-state index contributed by atoms with van der Waals surface area (Å²) in [6.45, 7) is 0. The van der Waals surface area contributed by atoms with E-state index in [0.29, 0.717) is 28.0 Å². The molecular formula is C23H17F3N4O4. The third kappa shape index (κ3) is 4.98. The van der Waals surface area contributed by atoms with Crippen molar-refractivity contribution in [1.82, 2.24) is 14.5 Å². The average Bonchev–Trinajstić information content (AvgIpc) is 3.25. The fourth-order valence-electron chi connectivity index (χ4n) is 3.18. The number of carbonyl (C=O) groups excluding carboxylic acids is 2. The lowest BCUT2D eigenvalue weighted by Gasteiger charge is -2.09. The maximum Gasteiger partial charge on any atom is 0.419 e. The number of anilines is 1. The van der Waals surface area contributed by atoms with Gasteiger partial charge in [-0.2, -0.15) is 13.2 Å². The van der Waals surface area contributed by atoms with Gasteiger partial charge in [0.15, 0.2) is 5.65 Å². The second-order valence-electron chi connectivity index (χ2n) is 7.12. The zero-order valence-electron chi connectivity index (χ0n) is 17.7. The maximum absolute atomic E-state index is 12.6. The van der Waals surface area contributed by atoms with Crippen LogP contribution in [0.15, 0.2) is 67.1 Å². The Balaban J connectivity index is 1.40. The predicted molar refractivity (Wildman–Crippen MR) is 116 cm³/mol. The van der Waals surface area contributed by atoms with Crippen molar-refractivity contribution in [3.8, 4) is 11.6 Å². The summed E-state index contributed by atoms with van der Waals surface area (Å²) in [5.41, 5.74) is 0.491. The Morgan fingerprint density at radius 2 is 1.71 bits per heavy atom. The molecule has 8 nitrogen and oxygen atoms in total. The molecule has 2 heterocycles. The minimum Gasteiger partial charge on any atom is -0.452 e. The fourth-order valence-corrected chi connectivity index (χ4v) is 3.18. The van der Waals surface area contributed by atoms with Gasteiger partial charge < -0.3 is 14.8 Å². The van der Waals surface area contributed by atoms with Crippen LogP contribution in [0.4, 0.5) is 23.7 Å². The van der Waals surface area contributed by atoms with Crippen molar-refractivity contribution in [1.29, 1.82) is 0 Å². The molecule has 1 amide bonds. The van der Waals surface area contributed by atoms with E-state index < -0.39 is 17.8 Å². The molecule has 0 spiro atoms. The van der Waals surface area contributed by atoms with E-state index in [1.165, 1.54) is 36.3 Å². The van der Waals surface area contributed by atoms with E-state index in [9.17, 15) is 22.8 Å². The quantitative estimate of drug-likeness (QED) is 0.439. The van der Waals surface area contributed by atoms with Gasteiger partial charge >= 0.3 is 12.3 Å². The van der Waals surface area contributed by atoms with Gasteiger partial charge in [-0.25, -0.2) is 19.3 Å². The van der Waals surface area contributed by atoms with Crippen LogP contribution < -0.4 is 10.1 Å². The molecule has 11 heteroatoms. The van der Waals surface area contributed by atoms with Crippen molar-refractivity contribution in [2.45, 2.75) is 12.6 Å². The minimum absolute atomic E-state index is 0.0769. The lowest BCUT2D eigenvalue weighted by Crippen LogP contribution is -2.14. The van der Waals surface area contributed by atoms with Crippen molar-refractivity contribution in [3.63, 3.8) is 0 Å². The zero-order chi connectivity index (χ0) is 24.3. The molecule has 1 N–H and O–H groups in total. The van der Waals surface area contributed by atoms with Crippen LogP contribution >= 0.6 is 0 Å². The van der Waals surface area contributed by atoms with Crippen LogP contribution in [0.3, 0.4) is 0 Å². The molecular weight excluding hydrogens is 453 g/mol. The molecule has 0 radical (unpaired) electrons. The van der Waals surface area contributed by atoms with E-state index in [1.807, 2.05) is 0 Å². The summed E-state index contributed by atoms with van der Waals surface area (Å²) >= 11 is 0. The van der Waals surface area contributed by atoms with Gasteiger partial charge in [0, 0.05) is 11.9 Å². The summed E-state index contributed by atoms with van der Waals surface area (Å²) in [6, 6.07) is 12.5. The van der Waals surface area contributed by atoms with Crippen molar-refractivity contribution >= 4 is 28.7 Å². The molecule has 2 aromatic carbocycles. The smallest absolute Gasteiger partial charge is 0.419 e. The van der Waals surface area contributed by atoms with Crippen molar-refractivity contribution in [2.24, 2.45) is 0 Å². The number of methoxy groups -OCH3 is 1. The number of benzene rings is 2. The van der Waals surface area contributed by atoms with E-state index in [4.69, 9.17) is 9.47 Å². The van der Waals surface area contributed by atoms with E-state index in [0.717, 1.165) is 12.1 Å². The van der Waals surface area contributed by atoms with Gasteiger partial charge in [0.05, 0.1) is 24.5 Å². The molecule has 4 rings (SSSR count). The Hall–Kier alpha value is -4.41. The van der Waals surface area contributed by atoms with Crippen LogP contribution in [0.2, 0.25) is 0 Å². The Morgan fingerprint density at radius 1 is 1.00 bits per heavy atom. The highest BCUT2D eigenvalue weighted by Crippen LogP contribution is 2.30. The van der Waals surface area contributed by atoms with Crippen LogP contribution in [0.5, 0.6) is 11.6 Å². The van der Waals surface area contributed by atoms with E-state index in [2.05, 4.69) is 15.3 Å². The maximum atomic E-state index is 12.6. The number of nitrogens with one attached hydrogen (secondary N) is 1. The third-order valence-electron chi connectivity index (χ3n) is 4.81. The van der Waals surface area contributed by atoms with Gasteiger partial charge in [-0.3, -0.25) is 4.79 Å². The Labute approximate surface area is 191 Å². The zero-order valence-corrected chi connectivity index (χ0v) is 17.7.